The van der Waals surface area contributed by atoms with Crippen LogP contribution in [0.2, 0.25) is 5.15 Å². The Hall–Kier alpha value is -0.870. The Kier molecular flexibility index (Phi) is 3.31. The van der Waals surface area contributed by atoms with Crippen molar-refractivity contribution in [2.45, 2.75) is 44.1 Å². The van der Waals surface area contributed by atoms with Crippen molar-refractivity contribution in [2.24, 2.45) is 5.92 Å². The van der Waals surface area contributed by atoms with Gasteiger partial charge < -0.3 is 10.2 Å². The molecule has 0 amide bonds. The normalized spacial score (nSPS) is 26.9. The monoisotopic (exact) mass is 292 g/mol. The van der Waals surface area contributed by atoms with E-state index in [2.05, 4.69) is 20.2 Å². The average Bonchev–Trinajstić information content (AvgIpc) is 3.34. The predicted octanol–water partition coefficient (Wildman–Crippen LogP) is 2.90. The summed E-state index contributed by atoms with van der Waals surface area (Å²) in [5, 5.41) is 4.03. The van der Waals surface area contributed by atoms with Crippen molar-refractivity contribution in [2.75, 3.05) is 25.0 Å². The minimum absolute atomic E-state index is 0.547. The van der Waals surface area contributed by atoms with Crippen molar-refractivity contribution in [1.82, 2.24) is 14.9 Å². The molecule has 2 aliphatic carbocycles. The third-order valence-electron chi connectivity index (χ3n) is 4.61. The van der Waals surface area contributed by atoms with Gasteiger partial charge in [-0.1, -0.05) is 11.6 Å². The molecule has 2 saturated carbocycles. The van der Waals surface area contributed by atoms with Crippen LogP contribution >= 0.6 is 11.6 Å². The van der Waals surface area contributed by atoms with E-state index in [4.69, 9.17) is 11.6 Å². The Bertz CT molecular complexity index is 499. The lowest BCUT2D eigenvalue weighted by Crippen LogP contribution is -2.25. The first-order valence-electron chi connectivity index (χ1n) is 7.80. The number of halogens is 1. The van der Waals surface area contributed by atoms with Crippen molar-refractivity contribution in [3.05, 3.63) is 17.0 Å². The lowest BCUT2D eigenvalue weighted by molar-refractivity contribution is 0.316. The van der Waals surface area contributed by atoms with Crippen molar-refractivity contribution in [3.63, 3.8) is 0 Å². The van der Waals surface area contributed by atoms with E-state index in [1.54, 1.807) is 0 Å². The molecule has 0 radical (unpaired) electrons. The van der Waals surface area contributed by atoms with Crippen molar-refractivity contribution < 1.29 is 0 Å². The van der Waals surface area contributed by atoms with E-state index in [1.165, 1.54) is 45.2 Å². The van der Waals surface area contributed by atoms with Crippen molar-refractivity contribution in [1.29, 1.82) is 0 Å². The predicted molar refractivity (Wildman–Crippen MR) is 80.2 cm³/mol. The number of hydrogen-bond acceptors (Lipinski definition) is 4. The summed E-state index contributed by atoms with van der Waals surface area (Å²) >= 11 is 6.09. The zero-order valence-electron chi connectivity index (χ0n) is 11.7. The van der Waals surface area contributed by atoms with Crippen LogP contribution in [0, 0.1) is 5.92 Å². The fraction of sp³-hybridized carbons (Fsp3) is 0.733. The standard InChI is InChI=1S/C15H21ClN4/c16-13-7-14(19-15(18-13)11-1-2-11)17-8-10-5-6-20(9-10)12-3-4-12/h7,10-12H,1-6,8-9H2,(H,17,18,19). The zero-order valence-corrected chi connectivity index (χ0v) is 12.4. The van der Waals surface area contributed by atoms with E-state index in [1.807, 2.05) is 6.07 Å². The molecule has 0 bridgehead atoms. The number of aromatic nitrogens is 2. The Morgan fingerprint density at radius 1 is 1.20 bits per heavy atom. The number of likely N-dealkylation sites (tertiary alicyclic amines) is 1. The number of nitrogens with zero attached hydrogens (tertiary/aromatic N) is 3. The van der Waals surface area contributed by atoms with Crippen molar-refractivity contribution >= 4 is 17.4 Å². The van der Waals surface area contributed by atoms with Crippen LogP contribution in [-0.4, -0.2) is 40.5 Å². The molecule has 3 fully saturated rings. The van der Waals surface area contributed by atoms with E-state index < -0.39 is 0 Å². The molecule has 108 valence electrons. The first-order chi connectivity index (χ1) is 9.78. The summed E-state index contributed by atoms with van der Waals surface area (Å²) in [4.78, 5) is 11.6. The molecule has 1 aromatic rings. The Balaban J connectivity index is 1.34. The molecule has 20 heavy (non-hydrogen) atoms. The van der Waals surface area contributed by atoms with Crippen LogP contribution in [0.4, 0.5) is 5.82 Å². The van der Waals surface area contributed by atoms with Gasteiger partial charge in [0.05, 0.1) is 0 Å². The summed E-state index contributed by atoms with van der Waals surface area (Å²) in [6.45, 7) is 3.52. The highest BCUT2D eigenvalue weighted by Crippen LogP contribution is 2.38. The second-order valence-corrected chi connectivity index (χ2v) is 6.86. The molecule has 3 aliphatic rings. The first-order valence-corrected chi connectivity index (χ1v) is 8.18. The van der Waals surface area contributed by atoms with Gasteiger partial charge in [-0.3, -0.25) is 0 Å². The molecule has 1 unspecified atom stereocenters. The molecule has 1 N–H and O–H groups in total. The van der Waals surface area contributed by atoms with Gasteiger partial charge in [-0.25, -0.2) is 9.97 Å². The molecule has 1 atom stereocenters. The lowest BCUT2D eigenvalue weighted by Gasteiger charge is -2.15. The Morgan fingerprint density at radius 2 is 2.05 bits per heavy atom. The molecule has 1 aliphatic heterocycles. The third-order valence-corrected chi connectivity index (χ3v) is 4.80. The first kappa shape index (κ1) is 12.8. The summed E-state index contributed by atoms with van der Waals surface area (Å²) < 4.78 is 0. The number of nitrogens with one attached hydrogen (secondary N) is 1. The number of anilines is 1. The zero-order chi connectivity index (χ0) is 13.5. The lowest BCUT2D eigenvalue weighted by atomic mass is 10.1. The van der Waals surface area contributed by atoms with E-state index in [-0.39, 0.29) is 0 Å². The second-order valence-electron chi connectivity index (χ2n) is 6.47. The highest BCUT2D eigenvalue weighted by Gasteiger charge is 2.34. The van der Waals surface area contributed by atoms with Gasteiger partial charge in [0.15, 0.2) is 0 Å². The van der Waals surface area contributed by atoms with Crippen LogP contribution in [0.5, 0.6) is 0 Å². The van der Waals surface area contributed by atoms with E-state index in [0.717, 1.165) is 30.1 Å². The van der Waals surface area contributed by atoms with Gasteiger partial charge in [-0.15, -0.1) is 0 Å². The molecule has 4 nitrogen and oxygen atoms in total. The topological polar surface area (TPSA) is 41.0 Å². The smallest absolute Gasteiger partial charge is 0.135 e. The molecule has 2 heterocycles. The van der Waals surface area contributed by atoms with Crippen LogP contribution in [0.25, 0.3) is 0 Å². The van der Waals surface area contributed by atoms with Crippen LogP contribution in [0.1, 0.15) is 43.8 Å². The molecule has 0 aromatic carbocycles. The van der Waals surface area contributed by atoms with Gasteiger partial charge in [0, 0.05) is 31.1 Å². The van der Waals surface area contributed by atoms with Crippen LogP contribution < -0.4 is 5.32 Å². The number of hydrogen-bond donors (Lipinski definition) is 1. The van der Waals surface area contributed by atoms with Crippen LogP contribution in [0.3, 0.4) is 0 Å². The largest absolute Gasteiger partial charge is 0.370 e. The van der Waals surface area contributed by atoms with Crippen LogP contribution in [0.15, 0.2) is 6.07 Å². The quantitative estimate of drug-likeness (QED) is 0.847. The van der Waals surface area contributed by atoms with E-state index >= 15 is 0 Å². The average molecular weight is 293 g/mol. The molecule has 1 saturated heterocycles. The summed E-state index contributed by atoms with van der Waals surface area (Å²) in [5.41, 5.74) is 0. The maximum absolute atomic E-state index is 6.09. The Labute approximate surface area is 124 Å². The fourth-order valence-electron chi connectivity index (χ4n) is 3.10. The molecule has 1 aromatic heterocycles. The van der Waals surface area contributed by atoms with Gasteiger partial charge in [0.2, 0.25) is 0 Å². The summed E-state index contributed by atoms with van der Waals surface area (Å²) in [6.07, 6.45) is 6.54. The maximum Gasteiger partial charge on any atom is 0.135 e. The fourth-order valence-corrected chi connectivity index (χ4v) is 3.29. The SMILES string of the molecule is Clc1cc(NCC2CCN(C3CC3)C2)nc(C2CC2)n1. The highest BCUT2D eigenvalue weighted by molar-refractivity contribution is 6.29. The van der Waals surface area contributed by atoms with E-state index in [0.29, 0.717) is 11.1 Å². The minimum atomic E-state index is 0.547. The number of rotatable bonds is 5. The molecular weight excluding hydrogens is 272 g/mol. The molecule has 4 rings (SSSR count). The summed E-state index contributed by atoms with van der Waals surface area (Å²) in [5.74, 6) is 3.11. The molecule has 0 spiro atoms. The highest BCUT2D eigenvalue weighted by atomic mass is 35.5. The third kappa shape index (κ3) is 2.91. The van der Waals surface area contributed by atoms with Gasteiger partial charge >= 0.3 is 0 Å². The second kappa shape index (κ2) is 5.15. The summed E-state index contributed by atoms with van der Waals surface area (Å²) in [7, 11) is 0. The maximum atomic E-state index is 6.09. The summed E-state index contributed by atoms with van der Waals surface area (Å²) in [6, 6.07) is 2.75. The van der Waals surface area contributed by atoms with Crippen molar-refractivity contribution in [3.8, 4) is 0 Å². The van der Waals surface area contributed by atoms with Crippen LogP contribution in [-0.2, 0) is 0 Å². The Morgan fingerprint density at radius 3 is 2.80 bits per heavy atom. The minimum Gasteiger partial charge on any atom is -0.370 e. The molecule has 5 heteroatoms. The van der Waals surface area contributed by atoms with Gasteiger partial charge in [0.1, 0.15) is 16.8 Å². The van der Waals surface area contributed by atoms with Gasteiger partial charge in [-0.05, 0) is 44.6 Å². The van der Waals surface area contributed by atoms with E-state index in [9.17, 15) is 0 Å². The van der Waals surface area contributed by atoms with Gasteiger partial charge in [0.25, 0.3) is 0 Å². The molecular formula is C15H21ClN4. The van der Waals surface area contributed by atoms with Gasteiger partial charge in [-0.2, -0.15) is 0 Å².